The quantitative estimate of drug-likeness (QED) is 0.571. The summed E-state index contributed by atoms with van der Waals surface area (Å²) in [5, 5.41) is 0. The van der Waals surface area contributed by atoms with Gasteiger partial charge in [0, 0.05) is 16.8 Å². The molecule has 2 aromatic rings. The van der Waals surface area contributed by atoms with E-state index in [1.54, 1.807) is 24.1 Å². The van der Waals surface area contributed by atoms with Crippen molar-refractivity contribution < 1.29 is 14.3 Å². The molecule has 1 aromatic carbocycles. The molecule has 0 atom stereocenters. The molecule has 0 aliphatic carbocycles. The van der Waals surface area contributed by atoms with E-state index >= 15 is 0 Å². The molecule has 0 fully saturated rings. The predicted molar refractivity (Wildman–Crippen MR) is 94.3 cm³/mol. The summed E-state index contributed by atoms with van der Waals surface area (Å²) in [5.41, 5.74) is 0.473. The van der Waals surface area contributed by atoms with Crippen LogP contribution >= 0.6 is 34.7 Å². The average Bonchev–Trinajstić information content (AvgIpc) is 2.96. The molecule has 7 heteroatoms. The number of rotatable bonds is 6. The number of hydrogen-bond donors (Lipinski definition) is 0. The molecule has 122 valence electrons. The van der Waals surface area contributed by atoms with Crippen LogP contribution in [-0.2, 0) is 16.1 Å². The number of benzene rings is 1. The Bertz CT molecular complexity index is 702. The number of thioether (sulfide) groups is 1. The molecule has 1 heterocycles. The van der Waals surface area contributed by atoms with Gasteiger partial charge < -0.3 is 9.64 Å². The third kappa shape index (κ3) is 4.99. The first-order valence-corrected chi connectivity index (χ1v) is 8.97. The van der Waals surface area contributed by atoms with E-state index in [2.05, 4.69) is 0 Å². The first kappa shape index (κ1) is 17.8. The average molecular weight is 370 g/mol. The maximum atomic E-state index is 12.2. The number of amides is 1. The second-order valence-electron chi connectivity index (χ2n) is 4.73. The SMILES string of the molecule is COC(=O)c1ccccc1SCC(=O)N(C)Cc1ccc(Cl)s1. The van der Waals surface area contributed by atoms with Gasteiger partial charge in [-0.1, -0.05) is 23.7 Å². The van der Waals surface area contributed by atoms with Gasteiger partial charge in [0.15, 0.2) is 0 Å². The van der Waals surface area contributed by atoms with Gasteiger partial charge in [-0.05, 0) is 24.3 Å². The summed E-state index contributed by atoms with van der Waals surface area (Å²) in [5.74, 6) is -0.162. The van der Waals surface area contributed by atoms with Gasteiger partial charge in [0.25, 0.3) is 0 Å². The molecular weight excluding hydrogens is 354 g/mol. The summed E-state index contributed by atoms with van der Waals surface area (Å²) >= 11 is 8.68. The number of carbonyl (C=O) groups excluding carboxylic acids is 2. The van der Waals surface area contributed by atoms with Crippen LogP contribution in [0.3, 0.4) is 0 Å². The van der Waals surface area contributed by atoms with Crippen LogP contribution in [0.1, 0.15) is 15.2 Å². The van der Waals surface area contributed by atoms with Crippen molar-refractivity contribution in [2.45, 2.75) is 11.4 Å². The van der Waals surface area contributed by atoms with Crippen LogP contribution in [0.4, 0.5) is 0 Å². The molecule has 0 saturated heterocycles. The molecular formula is C16H16ClNO3S2. The number of thiophene rings is 1. The van der Waals surface area contributed by atoms with Gasteiger partial charge >= 0.3 is 5.97 Å². The Morgan fingerprint density at radius 2 is 2.00 bits per heavy atom. The number of methoxy groups -OCH3 is 1. The van der Waals surface area contributed by atoms with E-state index < -0.39 is 5.97 Å². The van der Waals surface area contributed by atoms with E-state index in [0.29, 0.717) is 16.4 Å². The van der Waals surface area contributed by atoms with E-state index in [1.807, 2.05) is 24.3 Å². The molecule has 0 aliphatic heterocycles. The minimum Gasteiger partial charge on any atom is -0.465 e. The third-order valence-corrected chi connectivity index (χ3v) is 5.37. The normalized spacial score (nSPS) is 10.4. The van der Waals surface area contributed by atoms with Gasteiger partial charge in [-0.15, -0.1) is 23.1 Å². The van der Waals surface area contributed by atoms with E-state index in [-0.39, 0.29) is 11.7 Å². The third-order valence-electron chi connectivity index (χ3n) is 3.09. The van der Waals surface area contributed by atoms with Gasteiger partial charge in [0.2, 0.25) is 5.91 Å². The lowest BCUT2D eigenvalue weighted by Crippen LogP contribution is -2.27. The van der Waals surface area contributed by atoms with Crippen molar-refractivity contribution in [1.82, 2.24) is 4.90 Å². The molecule has 0 radical (unpaired) electrons. The number of hydrogen-bond acceptors (Lipinski definition) is 5. The second kappa shape index (κ2) is 8.38. The van der Waals surface area contributed by atoms with Crippen LogP contribution in [0.5, 0.6) is 0 Å². The molecule has 0 saturated carbocycles. The molecule has 0 N–H and O–H groups in total. The summed E-state index contributed by atoms with van der Waals surface area (Å²) in [6.07, 6.45) is 0. The zero-order valence-corrected chi connectivity index (χ0v) is 15.1. The Balaban J connectivity index is 1.95. The molecule has 0 aliphatic rings. The molecule has 2 rings (SSSR count). The van der Waals surface area contributed by atoms with Crippen LogP contribution in [0, 0.1) is 0 Å². The fourth-order valence-corrected chi connectivity index (χ4v) is 4.00. The van der Waals surface area contributed by atoms with Crippen molar-refractivity contribution >= 4 is 46.6 Å². The van der Waals surface area contributed by atoms with Crippen LogP contribution in [0.15, 0.2) is 41.3 Å². The molecule has 4 nitrogen and oxygen atoms in total. The lowest BCUT2D eigenvalue weighted by atomic mass is 10.2. The van der Waals surface area contributed by atoms with Crippen LogP contribution in [0.2, 0.25) is 4.34 Å². The second-order valence-corrected chi connectivity index (χ2v) is 7.55. The minimum atomic E-state index is -0.401. The summed E-state index contributed by atoms with van der Waals surface area (Å²) in [4.78, 5) is 27.4. The molecule has 1 aromatic heterocycles. The van der Waals surface area contributed by atoms with Gasteiger partial charge in [0.05, 0.1) is 29.3 Å². The Morgan fingerprint density at radius 1 is 1.26 bits per heavy atom. The Labute approximate surface area is 148 Å². The molecule has 0 spiro atoms. The zero-order chi connectivity index (χ0) is 16.8. The number of esters is 1. The van der Waals surface area contributed by atoms with Crippen molar-refractivity contribution in [2.75, 3.05) is 19.9 Å². The lowest BCUT2D eigenvalue weighted by Gasteiger charge is -2.16. The first-order valence-electron chi connectivity index (χ1n) is 6.79. The number of nitrogens with zero attached hydrogens (tertiary/aromatic N) is 1. The number of halogens is 1. The van der Waals surface area contributed by atoms with Crippen LogP contribution in [0.25, 0.3) is 0 Å². The summed E-state index contributed by atoms with van der Waals surface area (Å²) in [6, 6.07) is 10.8. The fraction of sp³-hybridized carbons (Fsp3) is 0.250. The van der Waals surface area contributed by atoms with Gasteiger partial charge in [0.1, 0.15) is 0 Å². The highest BCUT2D eigenvalue weighted by molar-refractivity contribution is 8.00. The molecule has 0 bridgehead atoms. The van der Waals surface area contributed by atoms with Crippen molar-refractivity contribution in [3.05, 3.63) is 51.2 Å². The lowest BCUT2D eigenvalue weighted by molar-refractivity contribution is -0.127. The van der Waals surface area contributed by atoms with E-state index in [0.717, 1.165) is 9.77 Å². The first-order chi connectivity index (χ1) is 11.0. The predicted octanol–water partition coefficient (Wildman–Crippen LogP) is 3.94. The van der Waals surface area contributed by atoms with Crippen LogP contribution in [-0.4, -0.2) is 36.7 Å². The van der Waals surface area contributed by atoms with Crippen molar-refractivity contribution in [3.8, 4) is 0 Å². The Morgan fingerprint density at radius 3 is 2.65 bits per heavy atom. The van der Waals surface area contributed by atoms with Crippen molar-refractivity contribution in [2.24, 2.45) is 0 Å². The largest absolute Gasteiger partial charge is 0.465 e. The molecule has 0 unspecified atom stereocenters. The van der Waals surface area contributed by atoms with Gasteiger partial charge in [-0.2, -0.15) is 0 Å². The van der Waals surface area contributed by atoms with Crippen molar-refractivity contribution in [1.29, 1.82) is 0 Å². The highest BCUT2D eigenvalue weighted by Crippen LogP contribution is 2.25. The van der Waals surface area contributed by atoms with Gasteiger partial charge in [-0.25, -0.2) is 4.79 Å². The maximum Gasteiger partial charge on any atom is 0.338 e. The van der Waals surface area contributed by atoms with Crippen LogP contribution < -0.4 is 0 Å². The Hall–Kier alpha value is -1.50. The zero-order valence-electron chi connectivity index (χ0n) is 12.7. The summed E-state index contributed by atoms with van der Waals surface area (Å²) < 4.78 is 5.46. The molecule has 23 heavy (non-hydrogen) atoms. The smallest absolute Gasteiger partial charge is 0.338 e. The standard InChI is InChI=1S/C16H16ClNO3S2/c1-18(9-11-7-8-14(17)23-11)15(19)10-22-13-6-4-3-5-12(13)16(20)21-2/h3-8H,9-10H2,1-2H3. The van der Waals surface area contributed by atoms with Gasteiger partial charge in [-0.3, -0.25) is 4.79 Å². The van der Waals surface area contributed by atoms with E-state index in [1.165, 1.54) is 30.2 Å². The Kier molecular flexibility index (Phi) is 6.50. The summed E-state index contributed by atoms with van der Waals surface area (Å²) in [6.45, 7) is 0.523. The van der Waals surface area contributed by atoms with E-state index in [4.69, 9.17) is 16.3 Å². The minimum absolute atomic E-state index is 0.0146. The number of carbonyl (C=O) groups is 2. The monoisotopic (exact) mass is 369 g/mol. The summed E-state index contributed by atoms with van der Waals surface area (Å²) in [7, 11) is 3.09. The fourth-order valence-electron chi connectivity index (χ4n) is 1.88. The highest BCUT2D eigenvalue weighted by Gasteiger charge is 2.15. The topological polar surface area (TPSA) is 46.6 Å². The maximum absolute atomic E-state index is 12.2. The van der Waals surface area contributed by atoms with E-state index in [9.17, 15) is 9.59 Å². The highest BCUT2D eigenvalue weighted by atomic mass is 35.5. The molecule has 1 amide bonds. The number of ether oxygens (including phenoxy) is 1. The van der Waals surface area contributed by atoms with Crippen molar-refractivity contribution in [3.63, 3.8) is 0 Å².